The number of esters is 1. The van der Waals surface area contributed by atoms with Crippen LogP contribution in [0.2, 0.25) is 0 Å². The van der Waals surface area contributed by atoms with Gasteiger partial charge in [0.2, 0.25) is 0 Å². The molecule has 7 heteroatoms. The Morgan fingerprint density at radius 3 is 2.64 bits per heavy atom. The molecule has 1 aliphatic heterocycles. The summed E-state index contributed by atoms with van der Waals surface area (Å²) in [5, 5.41) is 2.44. The lowest BCUT2D eigenvalue weighted by molar-refractivity contribution is -0.149. The zero-order valence-electron chi connectivity index (χ0n) is 12.3. The monoisotopic (exact) mass is 312 g/mol. The zero-order valence-corrected chi connectivity index (χ0v) is 12.3. The Morgan fingerprint density at radius 2 is 2.00 bits per heavy atom. The summed E-state index contributed by atoms with van der Waals surface area (Å²) in [5.41, 5.74) is 0.0424. The third-order valence-electron chi connectivity index (χ3n) is 3.44. The minimum atomic E-state index is -0.765. The first kappa shape index (κ1) is 16.2. The van der Waals surface area contributed by atoms with Crippen molar-refractivity contribution >= 4 is 17.7 Å². The summed E-state index contributed by atoms with van der Waals surface area (Å²) in [6.07, 6.45) is 1.34. The van der Waals surface area contributed by atoms with Crippen molar-refractivity contribution in [2.45, 2.75) is 19.8 Å². The van der Waals surface area contributed by atoms with Gasteiger partial charge in [0, 0.05) is 24.8 Å². The van der Waals surface area contributed by atoms with Crippen LogP contribution >= 0.6 is 0 Å². The van der Waals surface area contributed by atoms with Gasteiger partial charge in [-0.1, -0.05) is 0 Å². The fourth-order valence-electron chi connectivity index (χ4n) is 2.44. The normalized spacial score (nSPS) is 18.0. The molecule has 0 radical (unpaired) electrons. The van der Waals surface area contributed by atoms with Crippen molar-refractivity contribution in [2.24, 2.45) is 5.92 Å². The second-order valence-electron chi connectivity index (χ2n) is 5.13. The molecular formula is C15H18F2N2O3. The smallest absolute Gasteiger partial charge is 0.321 e. The number of hydrogen-bond acceptors (Lipinski definition) is 3. The SMILES string of the molecule is CCOC(=O)[C@@H]1CCCN(C(=O)Nc2cc(F)cc(F)c2)C1. The van der Waals surface area contributed by atoms with Gasteiger partial charge in [-0.15, -0.1) is 0 Å². The van der Waals surface area contributed by atoms with Gasteiger partial charge in [-0.2, -0.15) is 0 Å². The average molecular weight is 312 g/mol. The molecule has 0 bridgehead atoms. The minimum Gasteiger partial charge on any atom is -0.466 e. The predicted molar refractivity (Wildman–Crippen MR) is 76.3 cm³/mol. The van der Waals surface area contributed by atoms with E-state index >= 15 is 0 Å². The number of amides is 2. The van der Waals surface area contributed by atoms with E-state index in [9.17, 15) is 18.4 Å². The molecule has 1 fully saturated rings. The van der Waals surface area contributed by atoms with Crippen LogP contribution in [0, 0.1) is 17.6 Å². The molecule has 22 heavy (non-hydrogen) atoms. The molecular weight excluding hydrogens is 294 g/mol. The third-order valence-corrected chi connectivity index (χ3v) is 3.44. The highest BCUT2D eigenvalue weighted by atomic mass is 19.1. The summed E-state index contributed by atoms with van der Waals surface area (Å²) >= 11 is 0. The number of carbonyl (C=O) groups excluding carboxylic acids is 2. The second-order valence-corrected chi connectivity index (χ2v) is 5.13. The molecule has 1 aliphatic rings. The van der Waals surface area contributed by atoms with Gasteiger partial charge < -0.3 is 15.0 Å². The van der Waals surface area contributed by atoms with E-state index in [2.05, 4.69) is 5.32 Å². The van der Waals surface area contributed by atoms with Crippen molar-refractivity contribution in [1.82, 2.24) is 4.90 Å². The molecule has 5 nitrogen and oxygen atoms in total. The summed E-state index contributed by atoms with van der Waals surface area (Å²) in [4.78, 5) is 25.3. The largest absolute Gasteiger partial charge is 0.466 e. The lowest BCUT2D eigenvalue weighted by atomic mass is 9.98. The van der Waals surface area contributed by atoms with Crippen LogP contribution < -0.4 is 5.32 Å². The number of nitrogens with zero attached hydrogens (tertiary/aromatic N) is 1. The van der Waals surface area contributed by atoms with E-state index in [1.54, 1.807) is 6.92 Å². The fraction of sp³-hybridized carbons (Fsp3) is 0.467. The van der Waals surface area contributed by atoms with Crippen LogP contribution in [0.4, 0.5) is 19.3 Å². The molecule has 0 aromatic heterocycles. The number of halogens is 2. The molecule has 2 rings (SSSR count). The first-order chi connectivity index (χ1) is 10.5. The maximum Gasteiger partial charge on any atom is 0.321 e. The summed E-state index contributed by atoms with van der Waals surface area (Å²) in [5.74, 6) is -2.21. The van der Waals surface area contributed by atoms with Gasteiger partial charge in [0.1, 0.15) is 11.6 Å². The summed E-state index contributed by atoms with van der Waals surface area (Å²) in [6, 6.07) is 2.31. The van der Waals surface area contributed by atoms with Crippen molar-refractivity contribution in [3.63, 3.8) is 0 Å². The molecule has 0 spiro atoms. The van der Waals surface area contributed by atoms with E-state index in [1.807, 2.05) is 0 Å². The number of piperidine rings is 1. The molecule has 1 aromatic carbocycles. The van der Waals surface area contributed by atoms with Gasteiger partial charge >= 0.3 is 12.0 Å². The predicted octanol–water partition coefficient (Wildman–Crippen LogP) is 2.77. The van der Waals surface area contributed by atoms with Crippen molar-refractivity contribution in [3.05, 3.63) is 29.8 Å². The summed E-state index contributed by atoms with van der Waals surface area (Å²) in [6.45, 7) is 2.75. The molecule has 1 atom stereocenters. The maximum absolute atomic E-state index is 13.1. The Kier molecular flexibility index (Phi) is 5.30. The molecule has 120 valence electrons. The third kappa shape index (κ3) is 4.16. The van der Waals surface area contributed by atoms with E-state index in [0.29, 0.717) is 26.0 Å². The van der Waals surface area contributed by atoms with E-state index in [1.165, 1.54) is 4.90 Å². The first-order valence-electron chi connectivity index (χ1n) is 7.18. The molecule has 0 unspecified atom stereocenters. The van der Waals surface area contributed by atoms with Crippen LogP contribution in [-0.2, 0) is 9.53 Å². The Labute approximate surface area is 127 Å². The number of nitrogens with one attached hydrogen (secondary N) is 1. The molecule has 0 saturated carbocycles. The van der Waals surface area contributed by atoms with E-state index < -0.39 is 17.7 Å². The molecule has 2 amide bonds. The fourth-order valence-corrected chi connectivity index (χ4v) is 2.44. The summed E-state index contributed by atoms with van der Waals surface area (Å²) < 4.78 is 31.2. The number of urea groups is 1. The van der Waals surface area contributed by atoms with Crippen LogP contribution in [0.3, 0.4) is 0 Å². The first-order valence-corrected chi connectivity index (χ1v) is 7.18. The number of anilines is 1. The van der Waals surface area contributed by atoms with Gasteiger partial charge in [0.15, 0.2) is 0 Å². The van der Waals surface area contributed by atoms with E-state index in [4.69, 9.17) is 4.74 Å². The lowest BCUT2D eigenvalue weighted by Gasteiger charge is -2.31. The number of rotatable bonds is 3. The molecule has 0 aliphatic carbocycles. The number of benzene rings is 1. The Balaban J connectivity index is 1.98. The van der Waals surface area contributed by atoms with Crippen LogP contribution in [0.5, 0.6) is 0 Å². The molecule has 1 heterocycles. The Morgan fingerprint density at radius 1 is 1.32 bits per heavy atom. The van der Waals surface area contributed by atoms with Gasteiger partial charge in [-0.25, -0.2) is 13.6 Å². The topological polar surface area (TPSA) is 58.6 Å². The number of hydrogen-bond donors (Lipinski definition) is 1. The van der Waals surface area contributed by atoms with E-state index in [0.717, 1.165) is 18.2 Å². The minimum absolute atomic E-state index is 0.0424. The highest BCUT2D eigenvalue weighted by molar-refractivity contribution is 5.89. The van der Waals surface area contributed by atoms with Gasteiger partial charge in [-0.3, -0.25) is 4.79 Å². The van der Waals surface area contributed by atoms with Gasteiger partial charge in [-0.05, 0) is 31.9 Å². The summed E-state index contributed by atoms with van der Waals surface area (Å²) in [7, 11) is 0. The maximum atomic E-state index is 13.1. The van der Waals surface area contributed by atoms with Crippen LogP contribution in [0.1, 0.15) is 19.8 Å². The highest BCUT2D eigenvalue weighted by Gasteiger charge is 2.29. The standard InChI is InChI=1S/C15H18F2N2O3/c1-2-22-14(20)10-4-3-5-19(9-10)15(21)18-13-7-11(16)6-12(17)8-13/h6-8,10H,2-5,9H2,1H3,(H,18,21)/t10-/m1/s1. The van der Waals surface area contributed by atoms with Gasteiger partial charge in [0.05, 0.1) is 12.5 Å². The van der Waals surface area contributed by atoms with Crippen LogP contribution in [-0.4, -0.2) is 36.6 Å². The average Bonchev–Trinajstić information content (AvgIpc) is 2.46. The number of ether oxygens (including phenoxy) is 1. The van der Waals surface area contributed by atoms with Crippen molar-refractivity contribution < 1.29 is 23.1 Å². The molecule has 1 saturated heterocycles. The number of likely N-dealkylation sites (tertiary alicyclic amines) is 1. The van der Waals surface area contributed by atoms with Crippen molar-refractivity contribution in [3.8, 4) is 0 Å². The van der Waals surface area contributed by atoms with Gasteiger partial charge in [0.25, 0.3) is 0 Å². The Hall–Kier alpha value is -2.18. The Bertz CT molecular complexity index is 545. The quantitative estimate of drug-likeness (QED) is 0.873. The lowest BCUT2D eigenvalue weighted by Crippen LogP contribution is -2.44. The highest BCUT2D eigenvalue weighted by Crippen LogP contribution is 2.20. The second kappa shape index (κ2) is 7.20. The van der Waals surface area contributed by atoms with Crippen LogP contribution in [0.15, 0.2) is 18.2 Å². The van der Waals surface area contributed by atoms with Crippen molar-refractivity contribution in [1.29, 1.82) is 0 Å². The molecule has 1 N–H and O–H groups in total. The van der Waals surface area contributed by atoms with Crippen LogP contribution in [0.25, 0.3) is 0 Å². The zero-order chi connectivity index (χ0) is 16.1. The number of carbonyl (C=O) groups is 2. The van der Waals surface area contributed by atoms with Crippen molar-refractivity contribution in [2.75, 3.05) is 25.0 Å². The van der Waals surface area contributed by atoms with E-state index in [-0.39, 0.29) is 24.1 Å². The molecule has 1 aromatic rings.